The van der Waals surface area contributed by atoms with Gasteiger partial charge in [-0.3, -0.25) is 9.78 Å². The Morgan fingerprint density at radius 2 is 2.35 bits per heavy atom. The molecule has 0 spiro atoms. The summed E-state index contributed by atoms with van der Waals surface area (Å²) in [5.74, 6) is 0.110. The van der Waals surface area contributed by atoms with E-state index in [0.29, 0.717) is 0 Å². The van der Waals surface area contributed by atoms with E-state index >= 15 is 0 Å². The highest BCUT2D eigenvalue weighted by molar-refractivity contribution is 7.13. The summed E-state index contributed by atoms with van der Waals surface area (Å²) in [5.41, 5.74) is 2.18. The van der Waals surface area contributed by atoms with Gasteiger partial charge in [0.2, 0.25) is 0 Å². The SMILES string of the molecule is Cc1ncc(C(=O)C2CCc3cccnc32)s1. The Morgan fingerprint density at radius 3 is 3.12 bits per heavy atom. The number of aryl methyl sites for hydroxylation is 2. The first-order chi connectivity index (χ1) is 8.25. The van der Waals surface area contributed by atoms with Crippen molar-refractivity contribution in [1.82, 2.24) is 9.97 Å². The summed E-state index contributed by atoms with van der Waals surface area (Å²) in [7, 11) is 0. The van der Waals surface area contributed by atoms with Crippen molar-refractivity contribution in [3.05, 3.63) is 45.7 Å². The lowest BCUT2D eigenvalue weighted by atomic mass is 10.0. The molecule has 0 fully saturated rings. The van der Waals surface area contributed by atoms with Crippen LogP contribution in [0.2, 0.25) is 0 Å². The molecule has 1 aliphatic rings. The van der Waals surface area contributed by atoms with Crippen molar-refractivity contribution in [2.45, 2.75) is 25.7 Å². The number of rotatable bonds is 2. The van der Waals surface area contributed by atoms with Crippen LogP contribution in [-0.2, 0) is 6.42 Å². The van der Waals surface area contributed by atoms with Crippen LogP contribution in [0.25, 0.3) is 0 Å². The number of ketones is 1. The van der Waals surface area contributed by atoms with Gasteiger partial charge in [-0.25, -0.2) is 4.98 Å². The molecule has 0 saturated heterocycles. The standard InChI is InChI=1S/C13H12N2OS/c1-8-15-7-11(17-8)13(16)10-5-4-9-3-2-6-14-12(9)10/h2-3,6-7,10H,4-5H2,1H3. The number of nitrogens with zero attached hydrogens (tertiary/aromatic N) is 2. The zero-order chi connectivity index (χ0) is 11.8. The molecule has 0 N–H and O–H groups in total. The van der Waals surface area contributed by atoms with Crippen LogP contribution < -0.4 is 0 Å². The minimum Gasteiger partial charge on any atom is -0.292 e. The van der Waals surface area contributed by atoms with Gasteiger partial charge in [0, 0.05) is 12.4 Å². The van der Waals surface area contributed by atoms with E-state index < -0.39 is 0 Å². The molecule has 0 aliphatic heterocycles. The second kappa shape index (κ2) is 4.04. The average molecular weight is 244 g/mol. The van der Waals surface area contributed by atoms with E-state index in [1.54, 1.807) is 12.4 Å². The molecule has 2 aromatic heterocycles. The maximum Gasteiger partial charge on any atom is 0.183 e. The van der Waals surface area contributed by atoms with Crippen LogP contribution in [0.1, 0.15) is 38.3 Å². The minimum atomic E-state index is -0.0638. The molecule has 17 heavy (non-hydrogen) atoms. The molecule has 0 amide bonds. The Bertz CT molecular complexity index is 576. The number of pyridine rings is 1. The van der Waals surface area contributed by atoms with Gasteiger partial charge in [-0.2, -0.15) is 0 Å². The highest BCUT2D eigenvalue weighted by Gasteiger charge is 2.31. The van der Waals surface area contributed by atoms with Gasteiger partial charge >= 0.3 is 0 Å². The van der Waals surface area contributed by atoms with E-state index in [1.807, 2.05) is 13.0 Å². The molecule has 3 rings (SSSR count). The third-order valence-corrected chi connectivity index (χ3v) is 4.07. The Morgan fingerprint density at radius 1 is 1.47 bits per heavy atom. The summed E-state index contributed by atoms with van der Waals surface area (Å²) in [5, 5.41) is 0.938. The molecule has 2 aromatic rings. The second-order valence-corrected chi connectivity index (χ2v) is 5.48. The molecule has 2 heterocycles. The number of thiazole rings is 1. The average Bonchev–Trinajstić information content (AvgIpc) is 2.94. The number of hydrogen-bond donors (Lipinski definition) is 0. The van der Waals surface area contributed by atoms with Gasteiger partial charge < -0.3 is 0 Å². The molecule has 3 nitrogen and oxygen atoms in total. The van der Waals surface area contributed by atoms with Crippen molar-refractivity contribution in [2.75, 3.05) is 0 Å². The van der Waals surface area contributed by atoms with Gasteiger partial charge in [0.1, 0.15) is 0 Å². The molecule has 4 heteroatoms. The van der Waals surface area contributed by atoms with Crippen LogP contribution in [0.5, 0.6) is 0 Å². The van der Waals surface area contributed by atoms with Crippen molar-refractivity contribution >= 4 is 17.1 Å². The zero-order valence-electron chi connectivity index (χ0n) is 9.51. The van der Waals surface area contributed by atoms with Gasteiger partial charge in [0.05, 0.1) is 21.5 Å². The molecular weight excluding hydrogens is 232 g/mol. The van der Waals surface area contributed by atoms with E-state index in [2.05, 4.69) is 16.0 Å². The highest BCUT2D eigenvalue weighted by atomic mass is 32.1. The Balaban J connectivity index is 1.95. The maximum absolute atomic E-state index is 12.4. The van der Waals surface area contributed by atoms with Gasteiger partial charge in [-0.1, -0.05) is 6.07 Å². The zero-order valence-corrected chi connectivity index (χ0v) is 10.3. The molecule has 0 saturated carbocycles. The first-order valence-electron chi connectivity index (χ1n) is 5.66. The van der Waals surface area contributed by atoms with Crippen LogP contribution in [0.15, 0.2) is 24.5 Å². The molecule has 0 radical (unpaired) electrons. The number of Topliss-reactive ketones (excluding diaryl/α,β-unsaturated/α-hetero) is 1. The first-order valence-corrected chi connectivity index (χ1v) is 6.48. The second-order valence-electron chi connectivity index (χ2n) is 4.25. The smallest absolute Gasteiger partial charge is 0.183 e. The van der Waals surface area contributed by atoms with Gasteiger partial charge in [0.15, 0.2) is 5.78 Å². The fraction of sp³-hybridized carbons (Fsp3) is 0.308. The van der Waals surface area contributed by atoms with Crippen LogP contribution in [0.3, 0.4) is 0 Å². The van der Waals surface area contributed by atoms with E-state index in [4.69, 9.17) is 0 Å². The molecular formula is C13H12N2OS. The Kier molecular flexibility index (Phi) is 2.52. The lowest BCUT2D eigenvalue weighted by Crippen LogP contribution is -2.09. The van der Waals surface area contributed by atoms with Gasteiger partial charge in [-0.05, 0) is 31.4 Å². The molecule has 1 atom stereocenters. The van der Waals surface area contributed by atoms with Crippen LogP contribution >= 0.6 is 11.3 Å². The summed E-state index contributed by atoms with van der Waals surface area (Å²) in [4.78, 5) is 21.6. The number of carbonyl (C=O) groups is 1. The predicted octanol–water partition coefficient (Wildman–Crippen LogP) is 2.76. The summed E-state index contributed by atoms with van der Waals surface area (Å²) >= 11 is 1.47. The van der Waals surface area contributed by atoms with Crippen molar-refractivity contribution in [1.29, 1.82) is 0 Å². The summed E-state index contributed by atoms with van der Waals surface area (Å²) in [6.45, 7) is 1.92. The lowest BCUT2D eigenvalue weighted by Gasteiger charge is -2.06. The van der Waals surface area contributed by atoms with E-state index in [-0.39, 0.29) is 11.7 Å². The van der Waals surface area contributed by atoms with Crippen molar-refractivity contribution in [2.24, 2.45) is 0 Å². The maximum atomic E-state index is 12.4. The normalized spacial score (nSPS) is 18.1. The summed E-state index contributed by atoms with van der Waals surface area (Å²) < 4.78 is 0. The van der Waals surface area contributed by atoms with Crippen molar-refractivity contribution < 1.29 is 4.79 Å². The fourth-order valence-electron chi connectivity index (χ4n) is 2.31. The predicted molar refractivity (Wildman–Crippen MR) is 66.5 cm³/mol. The molecule has 1 aliphatic carbocycles. The Labute approximate surface area is 104 Å². The third-order valence-electron chi connectivity index (χ3n) is 3.14. The van der Waals surface area contributed by atoms with Crippen LogP contribution in [0, 0.1) is 6.92 Å². The van der Waals surface area contributed by atoms with E-state index in [9.17, 15) is 4.79 Å². The van der Waals surface area contributed by atoms with Crippen LogP contribution in [-0.4, -0.2) is 15.8 Å². The molecule has 86 valence electrons. The highest BCUT2D eigenvalue weighted by Crippen LogP contribution is 2.34. The summed E-state index contributed by atoms with van der Waals surface area (Å²) in [6, 6.07) is 4.00. The topological polar surface area (TPSA) is 42.9 Å². The van der Waals surface area contributed by atoms with Crippen molar-refractivity contribution in [3.63, 3.8) is 0 Å². The van der Waals surface area contributed by atoms with Gasteiger partial charge in [-0.15, -0.1) is 11.3 Å². The number of hydrogen-bond acceptors (Lipinski definition) is 4. The molecule has 1 unspecified atom stereocenters. The largest absolute Gasteiger partial charge is 0.292 e. The lowest BCUT2D eigenvalue weighted by molar-refractivity contribution is 0.0962. The monoisotopic (exact) mass is 244 g/mol. The third kappa shape index (κ3) is 1.78. The Hall–Kier alpha value is -1.55. The quantitative estimate of drug-likeness (QED) is 0.763. The van der Waals surface area contributed by atoms with E-state index in [0.717, 1.165) is 28.4 Å². The minimum absolute atomic E-state index is 0.0638. The van der Waals surface area contributed by atoms with E-state index in [1.165, 1.54) is 16.9 Å². The van der Waals surface area contributed by atoms with Gasteiger partial charge in [0.25, 0.3) is 0 Å². The first kappa shape index (κ1) is 10.6. The molecule has 0 aromatic carbocycles. The molecule has 0 bridgehead atoms. The van der Waals surface area contributed by atoms with Crippen molar-refractivity contribution in [3.8, 4) is 0 Å². The summed E-state index contributed by atoms with van der Waals surface area (Å²) in [6.07, 6.45) is 5.28. The number of aromatic nitrogens is 2. The van der Waals surface area contributed by atoms with Crippen LogP contribution in [0.4, 0.5) is 0 Å². The number of carbonyl (C=O) groups excluding carboxylic acids is 1. The fourth-order valence-corrected chi connectivity index (χ4v) is 3.09. The number of fused-ring (bicyclic) bond motifs is 1.